The second-order valence-electron chi connectivity index (χ2n) is 7.05. The van der Waals surface area contributed by atoms with Crippen LogP contribution in [-0.2, 0) is 17.8 Å². The minimum absolute atomic E-state index is 0.262. The molecule has 126 valence electrons. The fourth-order valence-corrected chi connectivity index (χ4v) is 2.83. The van der Waals surface area contributed by atoms with Gasteiger partial charge in [-0.15, -0.1) is 0 Å². The number of methoxy groups -OCH3 is 1. The quantitative estimate of drug-likeness (QED) is 0.809. The maximum Gasteiger partial charge on any atom is 0.410 e. The highest BCUT2D eigenvalue weighted by Crippen LogP contribution is 2.30. The summed E-state index contributed by atoms with van der Waals surface area (Å²) in [5.41, 5.74) is 4.10. The molecule has 0 atom stereocenters. The Kier molecular flexibility index (Phi) is 4.22. The van der Waals surface area contributed by atoms with Crippen LogP contribution in [0, 0.1) is 0 Å². The van der Waals surface area contributed by atoms with Crippen LogP contribution in [0.3, 0.4) is 0 Å². The van der Waals surface area contributed by atoms with E-state index in [4.69, 9.17) is 9.47 Å². The molecule has 0 spiro atoms. The zero-order valence-corrected chi connectivity index (χ0v) is 14.6. The molecule has 0 unspecified atom stereocenters. The number of benzene rings is 2. The van der Waals surface area contributed by atoms with E-state index in [0.29, 0.717) is 13.1 Å². The van der Waals surface area contributed by atoms with Crippen molar-refractivity contribution in [2.24, 2.45) is 0 Å². The highest BCUT2D eigenvalue weighted by Gasteiger charge is 2.27. The van der Waals surface area contributed by atoms with Crippen molar-refractivity contribution in [3.8, 4) is 16.9 Å². The van der Waals surface area contributed by atoms with Crippen molar-refractivity contribution in [3.63, 3.8) is 0 Å². The molecule has 1 aliphatic heterocycles. The van der Waals surface area contributed by atoms with Crippen molar-refractivity contribution in [2.75, 3.05) is 7.11 Å². The van der Waals surface area contributed by atoms with Gasteiger partial charge in [0.2, 0.25) is 0 Å². The molecule has 2 aromatic carbocycles. The molecular weight excluding hydrogens is 302 g/mol. The number of nitrogens with zero attached hydrogens (tertiary/aromatic N) is 1. The Morgan fingerprint density at radius 3 is 2.42 bits per heavy atom. The van der Waals surface area contributed by atoms with E-state index < -0.39 is 5.60 Å². The standard InChI is InChI=1S/C20H23NO3/c1-20(2,3)24-19(22)21-12-16-9-8-15(10-17(16)13-21)14-6-5-7-18(11-14)23-4/h5-11H,12-13H2,1-4H3. The van der Waals surface area contributed by atoms with Crippen molar-refractivity contribution in [1.82, 2.24) is 4.90 Å². The predicted molar refractivity (Wildman–Crippen MR) is 93.9 cm³/mol. The third-order valence-electron chi connectivity index (χ3n) is 3.98. The number of carbonyl (C=O) groups is 1. The molecule has 0 radical (unpaired) electrons. The van der Waals surface area contributed by atoms with Crippen LogP contribution in [0.2, 0.25) is 0 Å². The lowest BCUT2D eigenvalue weighted by atomic mass is 10.0. The normalized spacial score (nSPS) is 13.6. The van der Waals surface area contributed by atoms with Gasteiger partial charge in [-0.05, 0) is 61.2 Å². The Balaban J connectivity index is 1.80. The molecule has 1 heterocycles. The van der Waals surface area contributed by atoms with Crippen LogP contribution < -0.4 is 4.74 Å². The van der Waals surface area contributed by atoms with Crippen LogP contribution in [-0.4, -0.2) is 23.7 Å². The summed E-state index contributed by atoms with van der Waals surface area (Å²) in [4.78, 5) is 14.0. The zero-order valence-electron chi connectivity index (χ0n) is 14.6. The van der Waals surface area contributed by atoms with E-state index in [2.05, 4.69) is 24.3 Å². The molecule has 0 aliphatic carbocycles. The first-order valence-electron chi connectivity index (χ1n) is 8.10. The van der Waals surface area contributed by atoms with Gasteiger partial charge >= 0.3 is 6.09 Å². The van der Waals surface area contributed by atoms with Gasteiger partial charge in [0.25, 0.3) is 0 Å². The minimum Gasteiger partial charge on any atom is -0.497 e. The van der Waals surface area contributed by atoms with Crippen LogP contribution in [0.1, 0.15) is 31.9 Å². The van der Waals surface area contributed by atoms with E-state index >= 15 is 0 Å². The van der Waals surface area contributed by atoms with Crippen molar-refractivity contribution in [1.29, 1.82) is 0 Å². The monoisotopic (exact) mass is 325 g/mol. The molecule has 1 amide bonds. The summed E-state index contributed by atoms with van der Waals surface area (Å²) < 4.78 is 10.8. The molecule has 1 aliphatic rings. The second kappa shape index (κ2) is 6.19. The average Bonchev–Trinajstić information content (AvgIpc) is 2.96. The topological polar surface area (TPSA) is 38.8 Å². The third-order valence-corrected chi connectivity index (χ3v) is 3.98. The summed E-state index contributed by atoms with van der Waals surface area (Å²) in [5, 5.41) is 0. The summed E-state index contributed by atoms with van der Waals surface area (Å²) in [6.45, 7) is 6.84. The summed E-state index contributed by atoms with van der Waals surface area (Å²) in [6.07, 6.45) is -0.262. The SMILES string of the molecule is COc1cccc(-c2ccc3c(c2)CN(C(=O)OC(C)(C)C)C3)c1. The first-order chi connectivity index (χ1) is 11.4. The van der Waals surface area contributed by atoms with Crippen LogP contribution in [0.5, 0.6) is 5.75 Å². The molecule has 3 rings (SSSR count). The van der Waals surface area contributed by atoms with Gasteiger partial charge in [0.15, 0.2) is 0 Å². The lowest BCUT2D eigenvalue weighted by molar-refractivity contribution is 0.0242. The smallest absolute Gasteiger partial charge is 0.410 e. The largest absolute Gasteiger partial charge is 0.497 e. The van der Waals surface area contributed by atoms with Crippen LogP contribution in [0.25, 0.3) is 11.1 Å². The van der Waals surface area contributed by atoms with Gasteiger partial charge < -0.3 is 9.47 Å². The molecule has 0 bridgehead atoms. The van der Waals surface area contributed by atoms with Gasteiger partial charge in [0.1, 0.15) is 11.4 Å². The summed E-state index contributed by atoms with van der Waals surface area (Å²) in [5.74, 6) is 0.836. The zero-order chi connectivity index (χ0) is 17.3. The van der Waals surface area contributed by atoms with Crippen molar-refractivity contribution in [2.45, 2.75) is 39.5 Å². The van der Waals surface area contributed by atoms with E-state index in [0.717, 1.165) is 16.9 Å². The molecule has 0 N–H and O–H groups in total. The molecule has 0 saturated carbocycles. The molecule has 0 saturated heterocycles. The Labute approximate surface area is 143 Å². The number of hydrogen-bond donors (Lipinski definition) is 0. The number of ether oxygens (including phenoxy) is 2. The lowest BCUT2D eigenvalue weighted by Gasteiger charge is -2.24. The van der Waals surface area contributed by atoms with Gasteiger partial charge in [-0.2, -0.15) is 0 Å². The molecular formula is C20H23NO3. The third kappa shape index (κ3) is 3.53. The molecule has 0 aromatic heterocycles. The van der Waals surface area contributed by atoms with Crippen LogP contribution in [0.15, 0.2) is 42.5 Å². The fraction of sp³-hybridized carbons (Fsp3) is 0.350. The van der Waals surface area contributed by atoms with E-state index in [9.17, 15) is 4.79 Å². The molecule has 2 aromatic rings. The Morgan fingerprint density at radius 1 is 1.00 bits per heavy atom. The Hall–Kier alpha value is -2.49. The molecule has 4 nitrogen and oxygen atoms in total. The van der Waals surface area contributed by atoms with Gasteiger partial charge in [-0.25, -0.2) is 4.79 Å². The summed E-state index contributed by atoms with van der Waals surface area (Å²) in [6, 6.07) is 14.3. The van der Waals surface area contributed by atoms with Crippen molar-refractivity contribution in [3.05, 3.63) is 53.6 Å². The molecule has 0 fully saturated rings. The maximum atomic E-state index is 12.3. The fourth-order valence-electron chi connectivity index (χ4n) is 2.83. The first-order valence-corrected chi connectivity index (χ1v) is 8.10. The average molecular weight is 325 g/mol. The molecule has 4 heteroatoms. The minimum atomic E-state index is -0.475. The van der Waals surface area contributed by atoms with E-state index in [1.807, 2.05) is 39.0 Å². The molecule has 24 heavy (non-hydrogen) atoms. The predicted octanol–water partition coefficient (Wildman–Crippen LogP) is 4.61. The first kappa shape index (κ1) is 16.4. The van der Waals surface area contributed by atoms with E-state index in [-0.39, 0.29) is 6.09 Å². The van der Waals surface area contributed by atoms with Crippen molar-refractivity contribution >= 4 is 6.09 Å². The van der Waals surface area contributed by atoms with Gasteiger partial charge in [-0.1, -0.05) is 24.3 Å². The second-order valence-corrected chi connectivity index (χ2v) is 7.05. The number of fused-ring (bicyclic) bond motifs is 1. The highest BCUT2D eigenvalue weighted by atomic mass is 16.6. The van der Waals surface area contributed by atoms with Gasteiger partial charge in [0.05, 0.1) is 7.11 Å². The number of carbonyl (C=O) groups excluding carboxylic acids is 1. The maximum absolute atomic E-state index is 12.3. The highest BCUT2D eigenvalue weighted by molar-refractivity contribution is 5.71. The van der Waals surface area contributed by atoms with E-state index in [1.165, 1.54) is 11.1 Å². The number of rotatable bonds is 2. The summed E-state index contributed by atoms with van der Waals surface area (Å²) in [7, 11) is 1.67. The van der Waals surface area contributed by atoms with Crippen molar-refractivity contribution < 1.29 is 14.3 Å². The Morgan fingerprint density at radius 2 is 1.71 bits per heavy atom. The Bertz CT molecular complexity index is 762. The number of hydrogen-bond acceptors (Lipinski definition) is 3. The van der Waals surface area contributed by atoms with Gasteiger partial charge in [-0.3, -0.25) is 4.90 Å². The van der Waals surface area contributed by atoms with E-state index in [1.54, 1.807) is 12.0 Å². The number of amides is 1. The summed E-state index contributed by atoms with van der Waals surface area (Å²) >= 11 is 0. The van der Waals surface area contributed by atoms with Gasteiger partial charge in [0, 0.05) is 13.1 Å². The van der Waals surface area contributed by atoms with Crippen LogP contribution >= 0.6 is 0 Å². The van der Waals surface area contributed by atoms with Crippen LogP contribution in [0.4, 0.5) is 4.79 Å². The lowest BCUT2D eigenvalue weighted by Crippen LogP contribution is -2.33.